The molecule has 0 bridgehead atoms. The van der Waals surface area contributed by atoms with Gasteiger partial charge in [-0.3, -0.25) is 4.90 Å². The van der Waals surface area contributed by atoms with Gasteiger partial charge in [-0.05, 0) is 50.1 Å². The molecule has 94 valence electrons. The van der Waals surface area contributed by atoms with E-state index in [-0.39, 0.29) is 0 Å². The standard InChI is InChI=1S/C14H21NO2/c1-3-17-9-8-15(2)14-7-4-11-10-12(16)5-6-13(11)14/h5-6,10,14,16H,3-4,7-9H2,1-2H3. The van der Waals surface area contributed by atoms with Crippen LogP contribution in [0.5, 0.6) is 5.75 Å². The van der Waals surface area contributed by atoms with E-state index in [0.717, 1.165) is 32.6 Å². The Balaban J connectivity index is 2.01. The summed E-state index contributed by atoms with van der Waals surface area (Å²) < 4.78 is 5.39. The number of hydrogen-bond acceptors (Lipinski definition) is 3. The summed E-state index contributed by atoms with van der Waals surface area (Å²) in [6.45, 7) is 4.55. The molecule has 0 aromatic heterocycles. The number of fused-ring (bicyclic) bond motifs is 1. The number of ether oxygens (including phenoxy) is 1. The molecular weight excluding hydrogens is 214 g/mol. The van der Waals surface area contributed by atoms with Gasteiger partial charge in [0.05, 0.1) is 6.61 Å². The van der Waals surface area contributed by atoms with Crippen LogP contribution in [0.15, 0.2) is 18.2 Å². The number of nitrogens with zero attached hydrogens (tertiary/aromatic N) is 1. The van der Waals surface area contributed by atoms with Crippen LogP contribution in [0, 0.1) is 0 Å². The largest absolute Gasteiger partial charge is 0.508 e. The fourth-order valence-electron chi connectivity index (χ4n) is 2.55. The Hall–Kier alpha value is -1.06. The summed E-state index contributed by atoms with van der Waals surface area (Å²) >= 11 is 0. The summed E-state index contributed by atoms with van der Waals surface area (Å²) in [6.07, 6.45) is 2.20. The molecule has 0 aliphatic heterocycles. The first-order chi connectivity index (χ1) is 8.22. The van der Waals surface area contributed by atoms with Crippen molar-refractivity contribution in [3.8, 4) is 5.75 Å². The van der Waals surface area contributed by atoms with Gasteiger partial charge >= 0.3 is 0 Å². The van der Waals surface area contributed by atoms with Crippen LogP contribution in [0.4, 0.5) is 0 Å². The zero-order valence-corrected chi connectivity index (χ0v) is 10.6. The molecule has 3 nitrogen and oxygen atoms in total. The lowest BCUT2D eigenvalue weighted by atomic mass is 10.1. The van der Waals surface area contributed by atoms with Gasteiger partial charge in [0, 0.05) is 19.2 Å². The average molecular weight is 235 g/mol. The van der Waals surface area contributed by atoms with Crippen molar-refractivity contribution in [1.29, 1.82) is 0 Å². The molecule has 0 saturated heterocycles. The second-order valence-electron chi connectivity index (χ2n) is 4.62. The summed E-state index contributed by atoms with van der Waals surface area (Å²) in [5.74, 6) is 0.376. The highest BCUT2D eigenvalue weighted by atomic mass is 16.5. The van der Waals surface area contributed by atoms with Crippen LogP contribution in [0.2, 0.25) is 0 Å². The second-order valence-corrected chi connectivity index (χ2v) is 4.62. The number of rotatable bonds is 5. The minimum atomic E-state index is 0.376. The maximum absolute atomic E-state index is 9.46. The number of likely N-dealkylation sites (N-methyl/N-ethyl adjacent to an activating group) is 1. The van der Waals surface area contributed by atoms with Crippen molar-refractivity contribution in [2.45, 2.75) is 25.8 Å². The highest BCUT2D eigenvalue weighted by molar-refractivity contribution is 5.40. The number of phenols is 1. The topological polar surface area (TPSA) is 32.7 Å². The van der Waals surface area contributed by atoms with Crippen LogP contribution in [-0.4, -0.2) is 36.8 Å². The van der Waals surface area contributed by atoms with E-state index in [1.54, 1.807) is 6.07 Å². The zero-order chi connectivity index (χ0) is 12.3. The molecule has 1 aromatic carbocycles. The van der Waals surface area contributed by atoms with Gasteiger partial charge in [0.1, 0.15) is 5.75 Å². The van der Waals surface area contributed by atoms with Crippen LogP contribution in [0.3, 0.4) is 0 Å². The number of hydrogen-bond donors (Lipinski definition) is 1. The molecule has 1 aliphatic rings. The first-order valence-electron chi connectivity index (χ1n) is 6.32. The van der Waals surface area contributed by atoms with E-state index in [1.165, 1.54) is 11.1 Å². The molecule has 0 fully saturated rings. The van der Waals surface area contributed by atoms with Crippen LogP contribution in [-0.2, 0) is 11.2 Å². The maximum atomic E-state index is 9.46. The molecule has 1 unspecified atom stereocenters. The Morgan fingerprint density at radius 3 is 3.06 bits per heavy atom. The highest BCUT2D eigenvalue weighted by Crippen LogP contribution is 2.36. The molecule has 1 atom stereocenters. The number of aryl methyl sites for hydroxylation is 1. The summed E-state index contributed by atoms with van der Waals surface area (Å²) in [5, 5.41) is 9.46. The third-order valence-electron chi connectivity index (χ3n) is 3.50. The van der Waals surface area contributed by atoms with E-state index in [4.69, 9.17) is 4.74 Å². The maximum Gasteiger partial charge on any atom is 0.115 e. The average Bonchev–Trinajstić information content (AvgIpc) is 2.72. The van der Waals surface area contributed by atoms with Crippen molar-refractivity contribution in [2.24, 2.45) is 0 Å². The third kappa shape index (κ3) is 2.79. The first-order valence-corrected chi connectivity index (χ1v) is 6.32. The van der Waals surface area contributed by atoms with Gasteiger partial charge in [0.2, 0.25) is 0 Å². The van der Waals surface area contributed by atoms with E-state index < -0.39 is 0 Å². The molecule has 1 aliphatic carbocycles. The van der Waals surface area contributed by atoms with Crippen molar-refractivity contribution in [3.05, 3.63) is 29.3 Å². The van der Waals surface area contributed by atoms with Crippen molar-refractivity contribution >= 4 is 0 Å². The van der Waals surface area contributed by atoms with Crippen LogP contribution >= 0.6 is 0 Å². The number of aromatic hydroxyl groups is 1. The Morgan fingerprint density at radius 2 is 2.29 bits per heavy atom. The number of phenolic OH excluding ortho intramolecular Hbond substituents is 1. The third-order valence-corrected chi connectivity index (χ3v) is 3.50. The molecule has 1 N–H and O–H groups in total. The molecule has 2 rings (SSSR count). The van der Waals surface area contributed by atoms with Gasteiger partial charge in [0.15, 0.2) is 0 Å². The Kier molecular flexibility index (Phi) is 4.02. The molecule has 0 amide bonds. The van der Waals surface area contributed by atoms with Gasteiger partial charge in [0.25, 0.3) is 0 Å². The summed E-state index contributed by atoms with van der Waals surface area (Å²) in [7, 11) is 2.14. The monoisotopic (exact) mass is 235 g/mol. The minimum absolute atomic E-state index is 0.376. The molecular formula is C14H21NO2. The molecule has 0 spiro atoms. The van der Waals surface area contributed by atoms with E-state index in [1.807, 2.05) is 13.0 Å². The minimum Gasteiger partial charge on any atom is -0.508 e. The molecule has 0 radical (unpaired) electrons. The van der Waals surface area contributed by atoms with Gasteiger partial charge in [-0.2, -0.15) is 0 Å². The van der Waals surface area contributed by atoms with Gasteiger partial charge in [-0.1, -0.05) is 6.07 Å². The predicted molar refractivity (Wildman–Crippen MR) is 68.3 cm³/mol. The molecule has 0 heterocycles. The highest BCUT2D eigenvalue weighted by Gasteiger charge is 2.25. The van der Waals surface area contributed by atoms with Crippen LogP contribution < -0.4 is 0 Å². The molecule has 0 saturated carbocycles. The van der Waals surface area contributed by atoms with Crippen molar-refractivity contribution in [1.82, 2.24) is 4.90 Å². The molecule has 3 heteroatoms. The smallest absolute Gasteiger partial charge is 0.115 e. The van der Waals surface area contributed by atoms with Gasteiger partial charge in [-0.15, -0.1) is 0 Å². The predicted octanol–water partition coefficient (Wildman–Crippen LogP) is 2.35. The molecule has 17 heavy (non-hydrogen) atoms. The fourth-order valence-corrected chi connectivity index (χ4v) is 2.55. The first kappa shape index (κ1) is 12.4. The van der Waals surface area contributed by atoms with Crippen LogP contribution in [0.25, 0.3) is 0 Å². The Labute approximate surface area is 103 Å². The lowest BCUT2D eigenvalue weighted by molar-refractivity contribution is 0.107. The van der Waals surface area contributed by atoms with Crippen molar-refractivity contribution in [2.75, 3.05) is 26.8 Å². The van der Waals surface area contributed by atoms with E-state index in [2.05, 4.69) is 18.0 Å². The summed E-state index contributed by atoms with van der Waals surface area (Å²) in [5.41, 5.74) is 2.65. The summed E-state index contributed by atoms with van der Waals surface area (Å²) in [6, 6.07) is 6.21. The van der Waals surface area contributed by atoms with Crippen molar-refractivity contribution < 1.29 is 9.84 Å². The van der Waals surface area contributed by atoms with Gasteiger partial charge < -0.3 is 9.84 Å². The lowest BCUT2D eigenvalue weighted by Crippen LogP contribution is -2.26. The Bertz CT molecular complexity index is 378. The van der Waals surface area contributed by atoms with Crippen LogP contribution in [0.1, 0.15) is 30.5 Å². The zero-order valence-electron chi connectivity index (χ0n) is 10.6. The quantitative estimate of drug-likeness (QED) is 0.795. The Morgan fingerprint density at radius 1 is 1.47 bits per heavy atom. The second kappa shape index (κ2) is 5.52. The SMILES string of the molecule is CCOCCN(C)C1CCc2cc(O)ccc21. The lowest BCUT2D eigenvalue weighted by Gasteiger charge is -2.25. The van der Waals surface area contributed by atoms with Crippen molar-refractivity contribution in [3.63, 3.8) is 0 Å². The van der Waals surface area contributed by atoms with E-state index in [0.29, 0.717) is 11.8 Å². The number of benzene rings is 1. The summed E-state index contributed by atoms with van der Waals surface area (Å²) in [4.78, 5) is 2.35. The van der Waals surface area contributed by atoms with E-state index >= 15 is 0 Å². The van der Waals surface area contributed by atoms with Gasteiger partial charge in [-0.25, -0.2) is 0 Å². The van der Waals surface area contributed by atoms with E-state index in [9.17, 15) is 5.11 Å². The normalized spacial score (nSPS) is 18.6. The fraction of sp³-hybridized carbons (Fsp3) is 0.571. The molecule has 1 aromatic rings.